The first-order valence-corrected chi connectivity index (χ1v) is 25.9. The number of hydrogen-bond donors (Lipinski definition) is 0. The summed E-state index contributed by atoms with van der Waals surface area (Å²) in [4.78, 5) is 12.9. The molecule has 0 fully saturated rings. The van der Waals surface area contributed by atoms with Gasteiger partial charge in [0.2, 0.25) is 0 Å². The average molecular weight is 761 g/mol. The first-order chi connectivity index (χ1) is 26.7. The summed E-state index contributed by atoms with van der Waals surface area (Å²) in [7, 11) is 0. The zero-order valence-electron chi connectivity index (χ0n) is 38.1. The molecule has 0 saturated heterocycles. The third kappa shape index (κ3) is 45.9. The van der Waals surface area contributed by atoms with E-state index in [1.165, 1.54) is 276 Å². The molecule has 2 heteroatoms. The fourth-order valence-electron chi connectivity index (χ4n) is 8.46. The molecule has 0 amide bonds. The molecule has 0 aromatic heterocycles. The molecule has 0 spiro atoms. The number of rotatable bonds is 48. The Labute approximate surface area is 343 Å². The summed E-state index contributed by atoms with van der Waals surface area (Å²) < 4.78 is 6.16. The van der Waals surface area contributed by atoms with E-state index in [4.69, 9.17) is 4.74 Å². The van der Waals surface area contributed by atoms with E-state index in [9.17, 15) is 4.79 Å². The summed E-state index contributed by atoms with van der Waals surface area (Å²) in [5.41, 5.74) is 0. The summed E-state index contributed by atoms with van der Waals surface area (Å²) in [6.07, 6.45) is 64.0. The number of hydrogen-bond acceptors (Lipinski definition) is 2. The average Bonchev–Trinajstić information content (AvgIpc) is 3.17. The molecule has 0 rings (SSSR count). The Morgan fingerprint density at radius 3 is 0.685 bits per heavy atom. The van der Waals surface area contributed by atoms with E-state index in [-0.39, 0.29) is 12.1 Å². The van der Waals surface area contributed by atoms with E-state index in [1.807, 2.05) is 0 Å². The molecule has 324 valence electrons. The molecule has 0 aliphatic heterocycles. The fraction of sp³-hybridized carbons (Fsp3) is 0.981. The molecule has 1 atom stereocenters. The molecule has 0 bridgehead atoms. The van der Waals surface area contributed by atoms with E-state index >= 15 is 0 Å². The highest BCUT2D eigenvalue weighted by molar-refractivity contribution is 5.69. The minimum absolute atomic E-state index is 0.0839. The molecule has 0 radical (unpaired) electrons. The van der Waals surface area contributed by atoms with Crippen LogP contribution in [0.4, 0.5) is 0 Å². The summed E-state index contributed by atoms with van der Waals surface area (Å²) >= 11 is 0. The lowest BCUT2D eigenvalue weighted by Gasteiger charge is -2.18. The summed E-state index contributed by atoms with van der Waals surface area (Å²) in [5.74, 6) is 0.0839. The van der Waals surface area contributed by atoms with Crippen LogP contribution in [0.15, 0.2) is 0 Å². The molecule has 0 heterocycles. The van der Waals surface area contributed by atoms with E-state index in [0.29, 0.717) is 6.42 Å². The zero-order chi connectivity index (χ0) is 39.1. The third-order valence-electron chi connectivity index (χ3n) is 12.3. The highest BCUT2D eigenvalue weighted by atomic mass is 16.5. The van der Waals surface area contributed by atoms with Crippen molar-refractivity contribution in [1.29, 1.82) is 0 Å². The molecule has 1 unspecified atom stereocenters. The van der Waals surface area contributed by atoms with E-state index in [1.54, 1.807) is 0 Å². The normalized spacial score (nSPS) is 12.1. The van der Waals surface area contributed by atoms with Crippen LogP contribution < -0.4 is 0 Å². The van der Waals surface area contributed by atoms with Crippen molar-refractivity contribution >= 4 is 5.97 Å². The minimum Gasteiger partial charge on any atom is -0.462 e. The standard InChI is InChI=1S/C52H104O2/c1-4-7-10-13-16-19-22-25-27-28-30-31-34-37-40-43-46-49-51(48-45-42-39-36-33-24-21-18-15-12-9-6-3)54-52(53)50-47-44-41-38-35-32-29-26-23-20-17-14-11-8-5-2/h51H,4-50H2,1-3H3. The number of esters is 1. The van der Waals surface area contributed by atoms with Crippen molar-refractivity contribution in [2.75, 3.05) is 0 Å². The van der Waals surface area contributed by atoms with Crippen LogP contribution in [-0.2, 0) is 9.53 Å². The maximum Gasteiger partial charge on any atom is 0.306 e. The quantitative estimate of drug-likeness (QED) is 0.0456. The largest absolute Gasteiger partial charge is 0.462 e. The van der Waals surface area contributed by atoms with Crippen LogP contribution in [0.1, 0.15) is 323 Å². The molecule has 54 heavy (non-hydrogen) atoms. The van der Waals surface area contributed by atoms with Gasteiger partial charge in [-0.1, -0.05) is 284 Å². The van der Waals surface area contributed by atoms with Gasteiger partial charge in [0.25, 0.3) is 0 Å². The fourth-order valence-corrected chi connectivity index (χ4v) is 8.46. The van der Waals surface area contributed by atoms with Crippen molar-refractivity contribution < 1.29 is 9.53 Å². The van der Waals surface area contributed by atoms with Gasteiger partial charge >= 0.3 is 5.97 Å². The highest BCUT2D eigenvalue weighted by Crippen LogP contribution is 2.20. The second-order valence-electron chi connectivity index (χ2n) is 17.9. The second-order valence-corrected chi connectivity index (χ2v) is 17.9. The van der Waals surface area contributed by atoms with Crippen molar-refractivity contribution in [3.63, 3.8) is 0 Å². The van der Waals surface area contributed by atoms with Crippen LogP contribution >= 0.6 is 0 Å². The van der Waals surface area contributed by atoms with Gasteiger partial charge in [-0.25, -0.2) is 0 Å². The molecular weight excluding hydrogens is 657 g/mol. The van der Waals surface area contributed by atoms with Crippen molar-refractivity contribution in [3.8, 4) is 0 Å². The van der Waals surface area contributed by atoms with Crippen molar-refractivity contribution in [2.45, 2.75) is 329 Å². The Kier molecular flexibility index (Phi) is 48.1. The number of unbranched alkanes of at least 4 members (excludes halogenated alkanes) is 41. The third-order valence-corrected chi connectivity index (χ3v) is 12.3. The Balaban J connectivity index is 4.03. The lowest BCUT2D eigenvalue weighted by molar-refractivity contribution is -0.150. The second kappa shape index (κ2) is 48.6. The van der Waals surface area contributed by atoms with Crippen molar-refractivity contribution in [3.05, 3.63) is 0 Å². The van der Waals surface area contributed by atoms with Crippen LogP contribution in [0.5, 0.6) is 0 Å². The Hall–Kier alpha value is -0.530. The summed E-state index contributed by atoms with van der Waals surface area (Å²) in [6, 6.07) is 0. The van der Waals surface area contributed by atoms with E-state index in [0.717, 1.165) is 19.3 Å². The number of ether oxygens (including phenoxy) is 1. The Morgan fingerprint density at radius 2 is 0.463 bits per heavy atom. The predicted octanol–water partition coefficient (Wildman–Crippen LogP) is 19.3. The first-order valence-electron chi connectivity index (χ1n) is 25.9. The minimum atomic E-state index is 0.0839. The maximum atomic E-state index is 12.9. The number of carbonyl (C=O) groups excluding carboxylic acids is 1. The van der Waals surface area contributed by atoms with Crippen LogP contribution in [-0.4, -0.2) is 12.1 Å². The zero-order valence-corrected chi connectivity index (χ0v) is 38.1. The van der Waals surface area contributed by atoms with Crippen LogP contribution in [0, 0.1) is 0 Å². The van der Waals surface area contributed by atoms with Gasteiger partial charge in [-0.2, -0.15) is 0 Å². The molecule has 0 aliphatic carbocycles. The highest BCUT2D eigenvalue weighted by Gasteiger charge is 2.14. The van der Waals surface area contributed by atoms with Crippen LogP contribution in [0.25, 0.3) is 0 Å². The van der Waals surface area contributed by atoms with Gasteiger partial charge in [0, 0.05) is 6.42 Å². The molecular formula is C52H104O2. The summed E-state index contributed by atoms with van der Waals surface area (Å²) in [5, 5.41) is 0. The van der Waals surface area contributed by atoms with E-state index < -0.39 is 0 Å². The lowest BCUT2D eigenvalue weighted by Crippen LogP contribution is -2.18. The molecule has 0 aromatic carbocycles. The van der Waals surface area contributed by atoms with Crippen molar-refractivity contribution in [2.24, 2.45) is 0 Å². The molecule has 0 saturated carbocycles. The van der Waals surface area contributed by atoms with Crippen LogP contribution in [0.3, 0.4) is 0 Å². The van der Waals surface area contributed by atoms with Gasteiger partial charge in [0.15, 0.2) is 0 Å². The molecule has 2 nitrogen and oxygen atoms in total. The Bertz CT molecular complexity index is 673. The predicted molar refractivity (Wildman–Crippen MR) is 244 cm³/mol. The van der Waals surface area contributed by atoms with Gasteiger partial charge in [-0.05, 0) is 32.1 Å². The topological polar surface area (TPSA) is 26.3 Å². The van der Waals surface area contributed by atoms with Crippen LogP contribution in [0.2, 0.25) is 0 Å². The monoisotopic (exact) mass is 761 g/mol. The van der Waals surface area contributed by atoms with Gasteiger partial charge in [-0.3, -0.25) is 4.79 Å². The van der Waals surface area contributed by atoms with Crippen molar-refractivity contribution in [1.82, 2.24) is 0 Å². The summed E-state index contributed by atoms with van der Waals surface area (Å²) in [6.45, 7) is 6.91. The SMILES string of the molecule is CCCCCCCCCCCCCCCCCCCC(CCCCCCCCCCCCCC)OC(=O)CCCCCCCCCCCCCCCCC. The molecule has 0 N–H and O–H groups in total. The molecule has 0 aromatic rings. The van der Waals surface area contributed by atoms with Gasteiger partial charge in [0.1, 0.15) is 6.10 Å². The smallest absolute Gasteiger partial charge is 0.306 e. The number of carbonyl (C=O) groups is 1. The maximum absolute atomic E-state index is 12.9. The van der Waals surface area contributed by atoms with Gasteiger partial charge < -0.3 is 4.74 Å². The molecule has 0 aliphatic rings. The first kappa shape index (κ1) is 53.5. The lowest BCUT2D eigenvalue weighted by atomic mass is 10.0. The van der Waals surface area contributed by atoms with Gasteiger partial charge in [0.05, 0.1) is 0 Å². The van der Waals surface area contributed by atoms with E-state index in [2.05, 4.69) is 20.8 Å². The Morgan fingerprint density at radius 1 is 0.278 bits per heavy atom. The van der Waals surface area contributed by atoms with Gasteiger partial charge in [-0.15, -0.1) is 0 Å².